The minimum absolute atomic E-state index is 0.0744. The fourth-order valence-electron chi connectivity index (χ4n) is 0.198. The summed E-state index contributed by atoms with van der Waals surface area (Å²) < 4.78 is 10.5. The van der Waals surface area contributed by atoms with E-state index < -0.39 is 5.85 Å². The van der Waals surface area contributed by atoms with Crippen LogP contribution >= 0.6 is 51.5 Å². The number of rotatable bonds is 2. The fraction of sp³-hybridized carbons (Fsp3) is 0.333. The van der Waals surface area contributed by atoms with Crippen molar-refractivity contribution >= 4 is 51.5 Å². The molecule has 0 amide bonds. The van der Waals surface area contributed by atoms with Crippen molar-refractivity contribution in [1.29, 1.82) is 0 Å². The largest absolute Gasteiger partial charge is 0.285 e. The van der Waals surface area contributed by atoms with E-state index in [0.717, 1.165) is 5.82 Å². The van der Waals surface area contributed by atoms with Crippen molar-refractivity contribution in [2.24, 2.45) is 0 Å². The van der Waals surface area contributed by atoms with Gasteiger partial charge in [-0.1, -0.05) is 11.6 Å². The van der Waals surface area contributed by atoms with Gasteiger partial charge >= 0.3 is 0 Å². The van der Waals surface area contributed by atoms with Crippen LogP contribution in [0.5, 0.6) is 0 Å². The van der Waals surface area contributed by atoms with Crippen LogP contribution in [0.15, 0.2) is 10.8 Å². The Morgan fingerprint density at radius 3 is 2.11 bits per heavy atom. The molecule has 0 fully saturated rings. The van der Waals surface area contributed by atoms with Crippen LogP contribution in [0.3, 0.4) is 0 Å². The first-order valence-corrected chi connectivity index (χ1v) is 6.38. The van der Waals surface area contributed by atoms with Crippen molar-refractivity contribution in [1.82, 2.24) is 0 Å². The van der Waals surface area contributed by atoms with Gasteiger partial charge in [-0.15, -0.1) is 11.6 Å². The molecule has 0 N–H and O–H groups in total. The lowest BCUT2D eigenvalue weighted by atomic mass is 10.7. The molecule has 0 saturated carbocycles. The Balaban J connectivity index is 4.13. The number of allylic oxidation sites excluding steroid dienone is 1. The highest BCUT2D eigenvalue weighted by atomic mass is 35.9. The number of hydrogen-bond donors (Lipinski definition) is 0. The van der Waals surface area contributed by atoms with E-state index in [0.29, 0.717) is 0 Å². The topological polar surface area (TPSA) is 17.1 Å². The van der Waals surface area contributed by atoms with Gasteiger partial charge in [-0.25, -0.2) is 0 Å². The van der Waals surface area contributed by atoms with E-state index in [-0.39, 0.29) is 10.9 Å². The summed E-state index contributed by atoms with van der Waals surface area (Å²) in [7, 11) is 0. The molecular weight excluding hydrogens is 225 g/mol. The molecule has 0 aliphatic carbocycles. The molecule has 0 aliphatic heterocycles. The fourth-order valence-corrected chi connectivity index (χ4v) is 2.22. The SMILES string of the molecule is O=P(Cl)(Cl)/C=C(/Cl)CCl. The van der Waals surface area contributed by atoms with E-state index in [2.05, 4.69) is 0 Å². The second-order valence-electron chi connectivity index (χ2n) is 1.21. The van der Waals surface area contributed by atoms with Crippen LogP contribution in [0.25, 0.3) is 0 Å². The zero-order valence-electron chi connectivity index (χ0n) is 4.15. The van der Waals surface area contributed by atoms with Crippen LogP contribution in [-0.4, -0.2) is 5.88 Å². The van der Waals surface area contributed by atoms with Crippen LogP contribution in [0.1, 0.15) is 0 Å². The van der Waals surface area contributed by atoms with Gasteiger partial charge in [0, 0.05) is 10.8 Å². The highest BCUT2D eigenvalue weighted by molar-refractivity contribution is 8.10. The van der Waals surface area contributed by atoms with Crippen LogP contribution in [0, 0.1) is 0 Å². The molecule has 0 radical (unpaired) electrons. The lowest BCUT2D eigenvalue weighted by Gasteiger charge is -1.91. The third-order valence-electron chi connectivity index (χ3n) is 0.418. The van der Waals surface area contributed by atoms with E-state index >= 15 is 0 Å². The van der Waals surface area contributed by atoms with Crippen molar-refractivity contribution < 1.29 is 4.57 Å². The second kappa shape index (κ2) is 4.10. The quantitative estimate of drug-likeness (QED) is 0.515. The predicted molar refractivity (Wildman–Crippen MR) is 44.0 cm³/mol. The zero-order chi connectivity index (χ0) is 7.49. The Morgan fingerprint density at radius 2 is 2.00 bits per heavy atom. The first-order valence-electron chi connectivity index (χ1n) is 1.88. The summed E-state index contributed by atoms with van der Waals surface area (Å²) in [6, 6.07) is 0. The average molecular weight is 228 g/mol. The minimum atomic E-state index is -3.17. The highest BCUT2D eigenvalue weighted by Gasteiger charge is 2.09. The molecule has 0 aromatic carbocycles. The highest BCUT2D eigenvalue weighted by Crippen LogP contribution is 2.59. The molecule has 0 unspecified atom stereocenters. The van der Waals surface area contributed by atoms with Crippen molar-refractivity contribution in [3.8, 4) is 0 Å². The molecule has 0 spiro atoms. The summed E-state index contributed by atoms with van der Waals surface area (Å²) in [5.41, 5.74) is 0. The number of hydrogen-bond acceptors (Lipinski definition) is 1. The summed E-state index contributed by atoms with van der Waals surface area (Å²) >= 11 is 20.8. The Labute approximate surface area is 72.9 Å². The monoisotopic (exact) mass is 226 g/mol. The molecular formula is C3H3Cl4OP. The van der Waals surface area contributed by atoms with Gasteiger partial charge in [-0.05, 0) is 22.5 Å². The molecule has 0 atom stereocenters. The smallest absolute Gasteiger partial charge is 0.276 e. The summed E-state index contributed by atoms with van der Waals surface area (Å²) in [5.74, 6) is -2.05. The normalized spacial score (nSPS) is 14.0. The summed E-state index contributed by atoms with van der Waals surface area (Å²) in [6.07, 6.45) is 0. The van der Waals surface area contributed by atoms with Crippen LogP contribution in [0.4, 0.5) is 0 Å². The van der Waals surface area contributed by atoms with Gasteiger partial charge in [-0.2, -0.15) is 0 Å². The Hall–Kier alpha value is 1.13. The first-order chi connectivity index (χ1) is 3.95. The third-order valence-corrected chi connectivity index (χ3v) is 2.44. The van der Waals surface area contributed by atoms with Crippen LogP contribution in [0.2, 0.25) is 0 Å². The zero-order valence-corrected chi connectivity index (χ0v) is 8.07. The van der Waals surface area contributed by atoms with Gasteiger partial charge < -0.3 is 0 Å². The maximum atomic E-state index is 10.5. The number of alkyl halides is 1. The molecule has 0 bridgehead atoms. The first kappa shape index (κ1) is 10.1. The van der Waals surface area contributed by atoms with Gasteiger partial charge in [0.2, 0.25) is 0 Å². The molecule has 6 heteroatoms. The van der Waals surface area contributed by atoms with Crippen molar-refractivity contribution in [3.63, 3.8) is 0 Å². The van der Waals surface area contributed by atoms with Crippen molar-refractivity contribution in [2.45, 2.75) is 0 Å². The molecule has 0 saturated heterocycles. The third kappa shape index (κ3) is 7.02. The summed E-state index contributed by atoms with van der Waals surface area (Å²) in [5, 5.41) is 0.199. The van der Waals surface area contributed by atoms with Crippen molar-refractivity contribution in [2.75, 3.05) is 5.88 Å². The minimum Gasteiger partial charge on any atom is -0.285 e. The summed E-state index contributed by atoms with van der Waals surface area (Å²) in [6.45, 7) is 0. The Morgan fingerprint density at radius 1 is 1.56 bits per heavy atom. The maximum absolute atomic E-state index is 10.5. The molecule has 54 valence electrons. The van der Waals surface area contributed by atoms with Crippen LogP contribution in [-0.2, 0) is 4.57 Å². The maximum Gasteiger partial charge on any atom is 0.276 e. The molecule has 0 aromatic heterocycles. The van der Waals surface area contributed by atoms with Crippen LogP contribution < -0.4 is 0 Å². The van der Waals surface area contributed by atoms with Crippen molar-refractivity contribution in [3.05, 3.63) is 10.8 Å². The van der Waals surface area contributed by atoms with E-state index in [9.17, 15) is 4.57 Å². The van der Waals surface area contributed by atoms with Gasteiger partial charge in [0.1, 0.15) is 0 Å². The molecule has 0 aliphatic rings. The lowest BCUT2D eigenvalue weighted by molar-refractivity contribution is 0.597. The predicted octanol–water partition coefficient (Wildman–Crippen LogP) is 3.98. The molecule has 9 heavy (non-hydrogen) atoms. The molecule has 0 aromatic rings. The Kier molecular flexibility index (Phi) is 4.62. The van der Waals surface area contributed by atoms with Gasteiger partial charge in [-0.3, -0.25) is 4.57 Å². The van der Waals surface area contributed by atoms with Gasteiger partial charge in [0.05, 0.1) is 5.88 Å². The van der Waals surface area contributed by atoms with E-state index in [1.54, 1.807) is 0 Å². The second-order valence-corrected chi connectivity index (χ2v) is 6.76. The molecule has 1 nitrogen and oxygen atoms in total. The van der Waals surface area contributed by atoms with Gasteiger partial charge in [0.25, 0.3) is 5.85 Å². The molecule has 0 rings (SSSR count). The summed E-state index contributed by atoms with van der Waals surface area (Å²) in [4.78, 5) is 0. The standard InChI is InChI=1S/C3H3Cl4OP/c4-1-3(5)2-9(6,7)8/h2H,1H2/b3-2+. The van der Waals surface area contributed by atoms with Gasteiger partial charge in [0.15, 0.2) is 0 Å². The average Bonchev–Trinajstić information content (AvgIpc) is 1.62. The number of halogens is 4. The molecule has 0 heterocycles. The van der Waals surface area contributed by atoms with E-state index in [4.69, 9.17) is 45.7 Å². The Bertz CT molecular complexity index is 159. The van der Waals surface area contributed by atoms with E-state index in [1.165, 1.54) is 0 Å². The van der Waals surface area contributed by atoms with E-state index in [1.807, 2.05) is 0 Å². The lowest BCUT2D eigenvalue weighted by Crippen LogP contribution is -1.67.